The number of nitrogens with zero attached hydrogens (tertiary/aromatic N) is 2. The number of thioether (sulfide) groups is 1. The zero-order valence-electron chi connectivity index (χ0n) is 15.9. The van der Waals surface area contributed by atoms with Gasteiger partial charge in [-0.2, -0.15) is 0 Å². The van der Waals surface area contributed by atoms with Crippen molar-refractivity contribution in [2.75, 3.05) is 5.75 Å². The number of halogens is 2. The van der Waals surface area contributed by atoms with Crippen LogP contribution in [0, 0.1) is 0 Å². The van der Waals surface area contributed by atoms with E-state index in [9.17, 15) is 9.59 Å². The van der Waals surface area contributed by atoms with Crippen molar-refractivity contribution in [3.05, 3.63) is 85.4 Å². The van der Waals surface area contributed by atoms with E-state index in [0.29, 0.717) is 36.7 Å². The summed E-state index contributed by atoms with van der Waals surface area (Å²) in [6.07, 6.45) is 0.832. The first-order valence-electron chi connectivity index (χ1n) is 9.19. The first-order chi connectivity index (χ1) is 14.5. The highest BCUT2D eigenvalue weighted by Gasteiger charge is 2.17. The minimum absolute atomic E-state index is 0.0610. The summed E-state index contributed by atoms with van der Waals surface area (Å²) in [6, 6.07) is 15.7. The maximum Gasteiger partial charge on any atom is 0.267 e. The SMILES string of the molecule is CCc1cc2c(=O)n(-c3ccc(Cl)cc3)c(SCC(=O)c3ccc(Cl)cc3)nc2s1. The van der Waals surface area contributed by atoms with Crippen molar-refractivity contribution < 1.29 is 4.79 Å². The molecule has 0 N–H and O–H groups in total. The molecule has 0 unspecified atom stereocenters. The van der Waals surface area contributed by atoms with Crippen LogP contribution in [0.3, 0.4) is 0 Å². The number of thiophene rings is 1. The smallest absolute Gasteiger partial charge is 0.267 e. The molecule has 0 spiro atoms. The summed E-state index contributed by atoms with van der Waals surface area (Å²) < 4.78 is 1.55. The van der Waals surface area contributed by atoms with E-state index >= 15 is 0 Å². The number of aryl methyl sites for hydroxylation is 1. The van der Waals surface area contributed by atoms with Gasteiger partial charge >= 0.3 is 0 Å². The van der Waals surface area contributed by atoms with Gasteiger partial charge in [-0.05, 0) is 61.0 Å². The Morgan fingerprint density at radius 1 is 1.07 bits per heavy atom. The number of ketones is 1. The van der Waals surface area contributed by atoms with Crippen LogP contribution >= 0.6 is 46.3 Å². The van der Waals surface area contributed by atoms with E-state index in [-0.39, 0.29) is 17.1 Å². The molecule has 0 aliphatic carbocycles. The van der Waals surface area contributed by atoms with Crippen LogP contribution in [0.5, 0.6) is 0 Å². The van der Waals surface area contributed by atoms with Crippen LogP contribution in [-0.2, 0) is 6.42 Å². The fourth-order valence-corrected chi connectivity index (χ4v) is 5.12. The van der Waals surface area contributed by atoms with E-state index in [2.05, 4.69) is 0 Å². The zero-order chi connectivity index (χ0) is 21.3. The third-order valence-electron chi connectivity index (χ3n) is 4.52. The fourth-order valence-electron chi connectivity index (χ4n) is 2.95. The second-order valence-electron chi connectivity index (χ2n) is 6.52. The van der Waals surface area contributed by atoms with Gasteiger partial charge in [-0.1, -0.05) is 41.9 Å². The monoisotopic (exact) mass is 474 g/mol. The highest BCUT2D eigenvalue weighted by Crippen LogP contribution is 2.27. The summed E-state index contributed by atoms with van der Waals surface area (Å²) in [5.41, 5.74) is 1.07. The number of carbonyl (C=O) groups is 1. The number of aromatic nitrogens is 2. The van der Waals surface area contributed by atoms with Gasteiger partial charge in [0.25, 0.3) is 5.56 Å². The van der Waals surface area contributed by atoms with Gasteiger partial charge in [0.1, 0.15) is 4.83 Å². The van der Waals surface area contributed by atoms with E-state index in [1.807, 2.05) is 13.0 Å². The summed E-state index contributed by atoms with van der Waals surface area (Å²) >= 11 is 14.7. The number of fused-ring (bicyclic) bond motifs is 1. The standard InChI is InChI=1S/C22H16Cl2N2O2S2/c1-2-17-11-18-20(30-17)25-22(26(21(18)28)16-9-7-15(24)8-10-16)29-12-19(27)13-3-5-14(23)6-4-13/h3-11H,2,12H2,1H3. The molecule has 2 aromatic heterocycles. The van der Waals surface area contributed by atoms with Crippen LogP contribution in [0.25, 0.3) is 15.9 Å². The number of carbonyl (C=O) groups excluding carboxylic acids is 1. The molecule has 4 rings (SSSR count). The third-order valence-corrected chi connectivity index (χ3v) is 7.13. The third kappa shape index (κ3) is 4.32. The number of hydrogen-bond donors (Lipinski definition) is 0. The Morgan fingerprint density at radius 2 is 1.70 bits per heavy atom. The van der Waals surface area contributed by atoms with Gasteiger partial charge in [-0.25, -0.2) is 4.98 Å². The van der Waals surface area contributed by atoms with Crippen molar-refractivity contribution >= 4 is 62.3 Å². The molecule has 0 radical (unpaired) electrons. The fraction of sp³-hybridized carbons (Fsp3) is 0.136. The number of hydrogen-bond acceptors (Lipinski definition) is 5. The summed E-state index contributed by atoms with van der Waals surface area (Å²) in [6.45, 7) is 2.04. The average Bonchev–Trinajstić information content (AvgIpc) is 3.17. The molecule has 152 valence electrons. The van der Waals surface area contributed by atoms with Crippen LogP contribution in [0.1, 0.15) is 22.2 Å². The quantitative estimate of drug-likeness (QED) is 0.187. The summed E-state index contributed by atoms with van der Waals surface area (Å²) in [7, 11) is 0. The first kappa shape index (κ1) is 21.1. The van der Waals surface area contributed by atoms with Crippen molar-refractivity contribution in [3.63, 3.8) is 0 Å². The topological polar surface area (TPSA) is 52.0 Å². The predicted molar refractivity (Wildman–Crippen MR) is 126 cm³/mol. The largest absolute Gasteiger partial charge is 0.293 e. The first-order valence-corrected chi connectivity index (χ1v) is 11.7. The Kier molecular flexibility index (Phi) is 6.29. The molecule has 2 aromatic carbocycles. The van der Waals surface area contributed by atoms with Crippen LogP contribution in [-0.4, -0.2) is 21.1 Å². The molecule has 0 atom stereocenters. The van der Waals surface area contributed by atoms with E-state index in [1.54, 1.807) is 53.1 Å². The van der Waals surface area contributed by atoms with Gasteiger partial charge in [0.2, 0.25) is 0 Å². The molecule has 4 aromatic rings. The van der Waals surface area contributed by atoms with Crippen molar-refractivity contribution in [3.8, 4) is 5.69 Å². The lowest BCUT2D eigenvalue weighted by Gasteiger charge is -2.12. The normalized spacial score (nSPS) is 11.2. The molecular weight excluding hydrogens is 459 g/mol. The van der Waals surface area contributed by atoms with Gasteiger partial charge in [0.05, 0.1) is 16.8 Å². The van der Waals surface area contributed by atoms with Gasteiger partial charge in [0.15, 0.2) is 10.9 Å². The molecule has 0 aliphatic rings. The van der Waals surface area contributed by atoms with Crippen LogP contribution < -0.4 is 5.56 Å². The molecule has 0 fully saturated rings. The van der Waals surface area contributed by atoms with Gasteiger partial charge in [0, 0.05) is 20.5 Å². The maximum absolute atomic E-state index is 13.3. The van der Waals surface area contributed by atoms with E-state index < -0.39 is 0 Å². The van der Waals surface area contributed by atoms with Crippen molar-refractivity contribution in [1.82, 2.24) is 9.55 Å². The summed E-state index contributed by atoms with van der Waals surface area (Å²) in [4.78, 5) is 32.4. The van der Waals surface area contributed by atoms with E-state index in [0.717, 1.165) is 11.3 Å². The van der Waals surface area contributed by atoms with Gasteiger partial charge in [-0.3, -0.25) is 14.2 Å². The van der Waals surface area contributed by atoms with Crippen molar-refractivity contribution in [2.24, 2.45) is 0 Å². The van der Waals surface area contributed by atoms with E-state index in [1.165, 1.54) is 23.1 Å². The zero-order valence-corrected chi connectivity index (χ0v) is 19.0. The van der Waals surface area contributed by atoms with Crippen LogP contribution in [0.4, 0.5) is 0 Å². The number of rotatable bonds is 6. The Hall–Kier alpha value is -2.12. The second kappa shape index (κ2) is 8.94. The predicted octanol–water partition coefficient (Wildman–Crippen LogP) is 6.29. The molecule has 0 aliphatic heterocycles. The van der Waals surface area contributed by atoms with Crippen molar-refractivity contribution in [2.45, 2.75) is 18.5 Å². The average molecular weight is 475 g/mol. The highest BCUT2D eigenvalue weighted by atomic mass is 35.5. The second-order valence-corrected chi connectivity index (χ2v) is 9.45. The molecule has 0 amide bonds. The lowest BCUT2D eigenvalue weighted by Crippen LogP contribution is -2.21. The summed E-state index contributed by atoms with van der Waals surface area (Å²) in [5, 5.41) is 2.21. The molecule has 8 heteroatoms. The minimum atomic E-state index is -0.153. The van der Waals surface area contributed by atoms with Crippen LogP contribution in [0.15, 0.2) is 64.5 Å². The Labute approximate surface area is 191 Å². The number of benzene rings is 2. The highest BCUT2D eigenvalue weighted by molar-refractivity contribution is 7.99. The molecule has 2 heterocycles. The molecule has 4 nitrogen and oxygen atoms in total. The molecule has 0 bridgehead atoms. The Bertz CT molecular complexity index is 1280. The minimum Gasteiger partial charge on any atom is -0.293 e. The lowest BCUT2D eigenvalue weighted by atomic mass is 10.1. The maximum atomic E-state index is 13.3. The Balaban J connectivity index is 1.75. The van der Waals surface area contributed by atoms with Crippen molar-refractivity contribution in [1.29, 1.82) is 0 Å². The molecule has 30 heavy (non-hydrogen) atoms. The Morgan fingerprint density at radius 3 is 2.33 bits per heavy atom. The number of Topliss-reactive ketones (excluding diaryl/α,β-unsaturated/α-hetero) is 1. The van der Waals surface area contributed by atoms with Gasteiger partial charge < -0.3 is 0 Å². The molecule has 0 saturated carbocycles. The summed E-state index contributed by atoms with van der Waals surface area (Å²) in [5.74, 6) is 0.0909. The van der Waals surface area contributed by atoms with E-state index in [4.69, 9.17) is 28.2 Å². The van der Waals surface area contributed by atoms with Crippen LogP contribution in [0.2, 0.25) is 10.0 Å². The van der Waals surface area contributed by atoms with Gasteiger partial charge in [-0.15, -0.1) is 11.3 Å². The molecule has 0 saturated heterocycles. The molecular formula is C22H16Cl2N2O2S2. The lowest BCUT2D eigenvalue weighted by molar-refractivity contribution is 0.102.